The van der Waals surface area contributed by atoms with Crippen LogP contribution in [0.25, 0.3) is 11.2 Å². The molecule has 2 aromatic heterocycles. The van der Waals surface area contributed by atoms with Crippen LogP contribution >= 0.6 is 7.60 Å². The molecule has 0 aromatic carbocycles. The van der Waals surface area contributed by atoms with Crippen molar-refractivity contribution in [2.75, 3.05) is 19.7 Å². The predicted molar refractivity (Wildman–Crippen MR) is 106 cm³/mol. The third kappa shape index (κ3) is 4.93. The maximum absolute atomic E-state index is 13.0. The van der Waals surface area contributed by atoms with Gasteiger partial charge in [0.25, 0.3) is 5.56 Å². The molecule has 1 aliphatic rings. The van der Waals surface area contributed by atoms with Crippen molar-refractivity contribution in [3.8, 4) is 0 Å². The van der Waals surface area contributed by atoms with Gasteiger partial charge in [0.15, 0.2) is 17.0 Å². The Balaban J connectivity index is 1.72. The molecule has 0 bridgehead atoms. The highest BCUT2D eigenvalue weighted by Crippen LogP contribution is 2.54. The van der Waals surface area contributed by atoms with Gasteiger partial charge in [-0.15, -0.1) is 0 Å². The minimum absolute atomic E-state index is 0.196. The molecule has 3 N–H and O–H groups in total. The molecule has 0 saturated carbocycles. The van der Waals surface area contributed by atoms with Gasteiger partial charge in [0.1, 0.15) is 0 Å². The molecule has 11 nitrogen and oxygen atoms in total. The zero-order valence-electron chi connectivity index (χ0n) is 16.9. The molecule has 0 unspecified atom stereocenters. The molecular weight excluding hydrogens is 401 g/mol. The summed E-state index contributed by atoms with van der Waals surface area (Å²) >= 11 is 0. The molecule has 1 fully saturated rings. The van der Waals surface area contributed by atoms with E-state index in [1.807, 2.05) is 0 Å². The quantitative estimate of drug-likeness (QED) is 0.498. The van der Waals surface area contributed by atoms with E-state index in [-0.39, 0.29) is 42.0 Å². The molecule has 3 rings (SSSR count). The number of rotatable bonds is 9. The van der Waals surface area contributed by atoms with Gasteiger partial charge in [-0.3, -0.25) is 9.36 Å². The lowest BCUT2D eigenvalue weighted by atomic mass is 10.2. The van der Waals surface area contributed by atoms with E-state index in [0.29, 0.717) is 18.7 Å². The van der Waals surface area contributed by atoms with E-state index in [4.69, 9.17) is 13.8 Å². The average Bonchev–Trinajstić information content (AvgIpc) is 3.24. The van der Waals surface area contributed by atoms with Gasteiger partial charge in [-0.05, 0) is 27.7 Å². The van der Waals surface area contributed by atoms with Gasteiger partial charge in [-0.1, -0.05) is 0 Å². The van der Waals surface area contributed by atoms with E-state index in [2.05, 4.69) is 20.3 Å². The molecule has 12 heteroatoms. The average molecular weight is 429 g/mol. The van der Waals surface area contributed by atoms with Crippen molar-refractivity contribution in [3.63, 3.8) is 0 Å². The van der Waals surface area contributed by atoms with Gasteiger partial charge in [0.05, 0.1) is 43.6 Å². The summed E-state index contributed by atoms with van der Waals surface area (Å²) in [6.07, 6.45) is 1.77. The lowest BCUT2D eigenvalue weighted by Gasteiger charge is -2.28. The third-order valence-corrected chi connectivity index (χ3v) is 6.70. The molecule has 0 spiro atoms. The summed E-state index contributed by atoms with van der Waals surface area (Å²) in [7, 11) is -3.77. The van der Waals surface area contributed by atoms with Gasteiger partial charge in [-0.2, -0.15) is 0 Å². The Bertz CT molecular complexity index is 914. The van der Waals surface area contributed by atoms with Crippen molar-refractivity contribution in [1.29, 1.82) is 0 Å². The lowest BCUT2D eigenvalue weighted by Crippen LogP contribution is -2.30. The standard InChI is InChI=1S/C17H28N5O6P/c1-10(2)27-29(25,28-11(3)4)14(23)7-26-13-6-18-5-12(13)22-9-21-15-16(22)19-8-20-17(15)24/h8-14,18,23H,5-7H2,1-4H3,(H,19,20,24)/t12-,13-,14+/m1/s1. The second kappa shape index (κ2) is 9.03. The molecule has 1 saturated heterocycles. The smallest absolute Gasteiger partial charge is 0.361 e. The molecule has 162 valence electrons. The van der Waals surface area contributed by atoms with E-state index in [9.17, 15) is 14.5 Å². The van der Waals surface area contributed by atoms with Crippen molar-refractivity contribution >= 4 is 18.8 Å². The number of imidazole rings is 1. The van der Waals surface area contributed by atoms with Crippen LogP contribution in [0.3, 0.4) is 0 Å². The van der Waals surface area contributed by atoms with Crippen molar-refractivity contribution in [3.05, 3.63) is 23.0 Å². The fourth-order valence-corrected chi connectivity index (χ4v) is 5.02. The zero-order chi connectivity index (χ0) is 21.2. The summed E-state index contributed by atoms with van der Waals surface area (Å²) in [6.45, 7) is 7.75. The van der Waals surface area contributed by atoms with Crippen LogP contribution in [0.4, 0.5) is 0 Å². The van der Waals surface area contributed by atoms with Crippen LogP contribution in [0.1, 0.15) is 33.7 Å². The van der Waals surface area contributed by atoms with Crippen molar-refractivity contribution in [1.82, 2.24) is 24.8 Å². The molecule has 0 amide bonds. The SMILES string of the molecule is CC(C)OP(=O)(OC(C)C)[C@H](O)CO[C@@H]1CNC[C@H]1n1cnc2c(=O)[nH]cnc21. The highest BCUT2D eigenvalue weighted by molar-refractivity contribution is 7.54. The first-order valence-electron chi connectivity index (χ1n) is 9.58. The minimum Gasteiger partial charge on any atom is -0.378 e. The van der Waals surface area contributed by atoms with Gasteiger partial charge < -0.3 is 33.8 Å². The number of H-pyrrole nitrogens is 1. The maximum atomic E-state index is 13.0. The summed E-state index contributed by atoms with van der Waals surface area (Å²) in [5.41, 5.74) is 0.386. The Morgan fingerprint density at radius 3 is 2.59 bits per heavy atom. The summed E-state index contributed by atoms with van der Waals surface area (Å²) in [5.74, 6) is -1.42. The van der Waals surface area contributed by atoms with Gasteiger partial charge >= 0.3 is 7.60 Å². The zero-order valence-corrected chi connectivity index (χ0v) is 17.8. The number of nitrogens with one attached hydrogen (secondary N) is 2. The third-order valence-electron chi connectivity index (χ3n) is 4.39. The Kier molecular flexibility index (Phi) is 6.87. The van der Waals surface area contributed by atoms with Crippen LogP contribution in [0.15, 0.2) is 17.4 Å². The molecule has 0 radical (unpaired) electrons. The normalized spacial score (nSPS) is 21.5. The highest BCUT2D eigenvalue weighted by atomic mass is 31.2. The first-order chi connectivity index (χ1) is 13.7. The summed E-state index contributed by atoms with van der Waals surface area (Å²) in [6, 6.07) is -0.196. The summed E-state index contributed by atoms with van der Waals surface area (Å²) < 4.78 is 31.5. The first kappa shape index (κ1) is 22.1. The highest BCUT2D eigenvalue weighted by Gasteiger charge is 2.39. The van der Waals surface area contributed by atoms with E-state index in [1.54, 1.807) is 38.6 Å². The Morgan fingerprint density at radius 2 is 1.93 bits per heavy atom. The predicted octanol–water partition coefficient (Wildman–Crippen LogP) is 1.01. The molecule has 2 aromatic rings. The van der Waals surface area contributed by atoms with Crippen LogP contribution in [0, 0.1) is 0 Å². The van der Waals surface area contributed by atoms with Crippen LogP contribution in [0.2, 0.25) is 0 Å². The molecule has 0 aliphatic carbocycles. The number of ether oxygens (including phenoxy) is 1. The number of aromatic nitrogens is 4. The van der Waals surface area contributed by atoms with Crippen LogP contribution in [0.5, 0.6) is 0 Å². The second-order valence-electron chi connectivity index (χ2n) is 7.48. The fourth-order valence-electron chi connectivity index (χ4n) is 3.25. The topological polar surface area (TPSA) is 141 Å². The first-order valence-corrected chi connectivity index (χ1v) is 11.2. The monoisotopic (exact) mass is 429 g/mol. The van der Waals surface area contributed by atoms with E-state index < -0.39 is 13.4 Å². The largest absolute Gasteiger partial charge is 0.378 e. The lowest BCUT2D eigenvalue weighted by molar-refractivity contribution is -0.00600. The van der Waals surface area contributed by atoms with Gasteiger partial charge in [-0.25, -0.2) is 9.97 Å². The Morgan fingerprint density at radius 1 is 1.24 bits per heavy atom. The van der Waals surface area contributed by atoms with Crippen molar-refractivity contribution < 1.29 is 23.5 Å². The fraction of sp³-hybridized carbons (Fsp3) is 0.706. The van der Waals surface area contributed by atoms with E-state index >= 15 is 0 Å². The molecule has 1 aliphatic heterocycles. The van der Waals surface area contributed by atoms with Crippen molar-refractivity contribution in [2.45, 2.75) is 57.9 Å². The number of aromatic amines is 1. The number of hydrogen-bond acceptors (Lipinski definition) is 9. The van der Waals surface area contributed by atoms with Gasteiger partial charge in [0, 0.05) is 13.1 Å². The summed E-state index contributed by atoms with van der Waals surface area (Å²) in [4.78, 5) is 22.7. The number of fused-ring (bicyclic) bond motifs is 1. The van der Waals surface area contributed by atoms with Gasteiger partial charge in [0.2, 0.25) is 0 Å². The van der Waals surface area contributed by atoms with Crippen LogP contribution < -0.4 is 10.9 Å². The minimum atomic E-state index is -3.77. The van der Waals surface area contributed by atoms with Crippen molar-refractivity contribution in [2.24, 2.45) is 0 Å². The number of hydrogen-bond donors (Lipinski definition) is 3. The van der Waals surface area contributed by atoms with E-state index in [0.717, 1.165) is 0 Å². The van der Waals surface area contributed by atoms with E-state index in [1.165, 1.54) is 6.33 Å². The Labute approximate surface area is 168 Å². The summed E-state index contributed by atoms with van der Waals surface area (Å²) in [5, 5.41) is 13.7. The molecule has 3 heterocycles. The molecule has 3 atom stereocenters. The van der Waals surface area contributed by atoms with Crippen LogP contribution in [-0.2, 0) is 18.3 Å². The Hall–Kier alpha value is -1.62. The number of aliphatic hydroxyl groups excluding tert-OH is 1. The van der Waals surface area contributed by atoms with Crippen LogP contribution in [-0.4, -0.2) is 68.5 Å². The molecule has 29 heavy (non-hydrogen) atoms. The number of aliphatic hydroxyl groups is 1. The second-order valence-corrected chi connectivity index (χ2v) is 9.58. The molecular formula is C17H28N5O6P. The maximum Gasteiger partial charge on any atom is 0.361 e. The number of nitrogens with zero attached hydrogens (tertiary/aromatic N) is 3.